The lowest BCUT2D eigenvalue weighted by molar-refractivity contribution is 0.0975. The van der Waals surface area contributed by atoms with Crippen LogP contribution in [0, 0.1) is 0 Å². The normalized spacial score (nSPS) is 13.0. The van der Waals surface area contributed by atoms with Crippen molar-refractivity contribution in [3.63, 3.8) is 0 Å². The van der Waals surface area contributed by atoms with Crippen molar-refractivity contribution < 1.29 is 14.3 Å². The molecule has 1 aliphatic rings. The second-order valence-corrected chi connectivity index (χ2v) is 5.89. The first-order valence-electron chi connectivity index (χ1n) is 7.68. The molecule has 0 aliphatic heterocycles. The number of ketones is 2. The fraction of sp³-hybridized carbons (Fsp3) is 0.263. The maximum atomic E-state index is 12.8. The number of hydrogen-bond donors (Lipinski definition) is 0. The first kappa shape index (κ1) is 15.4. The van der Waals surface area contributed by atoms with E-state index in [0.29, 0.717) is 34.6 Å². The third-order valence-corrected chi connectivity index (χ3v) is 3.92. The predicted octanol–water partition coefficient (Wildman–Crippen LogP) is 2.79. The monoisotopic (exact) mass is 309 g/mol. The Labute approximate surface area is 135 Å². The van der Waals surface area contributed by atoms with Crippen LogP contribution >= 0.6 is 0 Å². The smallest absolute Gasteiger partial charge is 0.198 e. The quantitative estimate of drug-likeness (QED) is 0.680. The highest BCUT2D eigenvalue weighted by Crippen LogP contribution is 2.33. The highest BCUT2D eigenvalue weighted by atomic mass is 16.5. The molecule has 0 aromatic heterocycles. The highest BCUT2D eigenvalue weighted by Gasteiger charge is 2.31. The van der Waals surface area contributed by atoms with E-state index in [9.17, 15) is 9.59 Å². The molecule has 0 heterocycles. The molecule has 2 aromatic rings. The average molecular weight is 309 g/mol. The van der Waals surface area contributed by atoms with Crippen LogP contribution in [0.4, 0.5) is 0 Å². The minimum absolute atomic E-state index is 0.117. The molecule has 0 unspecified atom stereocenters. The molecule has 118 valence electrons. The van der Waals surface area contributed by atoms with Crippen molar-refractivity contribution in [2.75, 3.05) is 27.2 Å². The van der Waals surface area contributed by atoms with E-state index in [1.54, 1.807) is 42.5 Å². The molecule has 1 aliphatic carbocycles. The number of fused-ring (bicyclic) bond motifs is 2. The van der Waals surface area contributed by atoms with Gasteiger partial charge in [-0.2, -0.15) is 0 Å². The molecular weight excluding hydrogens is 290 g/mol. The van der Waals surface area contributed by atoms with E-state index in [4.69, 9.17) is 4.74 Å². The van der Waals surface area contributed by atoms with Gasteiger partial charge in [0.25, 0.3) is 0 Å². The van der Waals surface area contributed by atoms with Crippen molar-refractivity contribution in [1.29, 1.82) is 0 Å². The Hall–Kier alpha value is -2.46. The molecule has 0 amide bonds. The van der Waals surface area contributed by atoms with E-state index in [2.05, 4.69) is 4.90 Å². The lowest BCUT2D eigenvalue weighted by atomic mass is 9.83. The Kier molecular flexibility index (Phi) is 4.26. The summed E-state index contributed by atoms with van der Waals surface area (Å²) in [6, 6.07) is 12.2. The predicted molar refractivity (Wildman–Crippen MR) is 88.4 cm³/mol. The molecule has 4 nitrogen and oxygen atoms in total. The van der Waals surface area contributed by atoms with Crippen LogP contribution in [0.3, 0.4) is 0 Å². The molecule has 0 saturated heterocycles. The third-order valence-electron chi connectivity index (χ3n) is 3.92. The van der Waals surface area contributed by atoms with Gasteiger partial charge in [-0.15, -0.1) is 0 Å². The Morgan fingerprint density at radius 3 is 2.22 bits per heavy atom. The summed E-state index contributed by atoms with van der Waals surface area (Å²) in [7, 11) is 4.01. The molecule has 0 spiro atoms. The largest absolute Gasteiger partial charge is 0.493 e. The zero-order valence-electron chi connectivity index (χ0n) is 13.3. The van der Waals surface area contributed by atoms with Gasteiger partial charge in [0.1, 0.15) is 5.75 Å². The summed E-state index contributed by atoms with van der Waals surface area (Å²) in [6.45, 7) is 1.42. The maximum Gasteiger partial charge on any atom is 0.198 e. The van der Waals surface area contributed by atoms with Gasteiger partial charge in [-0.25, -0.2) is 0 Å². The fourth-order valence-electron chi connectivity index (χ4n) is 2.80. The van der Waals surface area contributed by atoms with Crippen LogP contribution in [-0.2, 0) is 0 Å². The summed E-state index contributed by atoms with van der Waals surface area (Å²) in [5, 5.41) is 0. The van der Waals surface area contributed by atoms with Gasteiger partial charge < -0.3 is 9.64 Å². The number of carbonyl (C=O) groups excluding carboxylic acids is 2. The van der Waals surface area contributed by atoms with Crippen molar-refractivity contribution in [2.24, 2.45) is 0 Å². The van der Waals surface area contributed by atoms with Crippen LogP contribution in [0.2, 0.25) is 0 Å². The van der Waals surface area contributed by atoms with Crippen LogP contribution in [0.1, 0.15) is 38.3 Å². The van der Waals surface area contributed by atoms with Gasteiger partial charge in [0.15, 0.2) is 11.6 Å². The van der Waals surface area contributed by atoms with E-state index >= 15 is 0 Å². The summed E-state index contributed by atoms with van der Waals surface area (Å²) in [5.41, 5.74) is 1.74. The molecule has 0 saturated carbocycles. The Morgan fingerprint density at radius 2 is 1.52 bits per heavy atom. The minimum atomic E-state index is -0.140. The van der Waals surface area contributed by atoms with Crippen LogP contribution in [0.15, 0.2) is 42.5 Å². The summed E-state index contributed by atoms with van der Waals surface area (Å²) in [5.74, 6) is 0.237. The molecule has 0 atom stereocenters. The standard InChI is InChI=1S/C19H19NO3/c1-20(2)11-6-12-23-16-10-5-9-15-17(16)19(22)14-8-4-3-7-13(14)18(15)21/h3-5,7-10H,6,11-12H2,1-2H3. The summed E-state index contributed by atoms with van der Waals surface area (Å²) >= 11 is 0. The lowest BCUT2D eigenvalue weighted by Gasteiger charge is -2.20. The number of hydrogen-bond acceptors (Lipinski definition) is 4. The number of carbonyl (C=O) groups is 2. The van der Waals surface area contributed by atoms with Gasteiger partial charge in [0.2, 0.25) is 0 Å². The Morgan fingerprint density at radius 1 is 0.870 bits per heavy atom. The Bertz CT molecular complexity index is 765. The van der Waals surface area contributed by atoms with E-state index < -0.39 is 0 Å². The third kappa shape index (κ3) is 2.90. The van der Waals surface area contributed by atoms with Crippen LogP contribution < -0.4 is 4.74 Å². The van der Waals surface area contributed by atoms with Gasteiger partial charge in [-0.05, 0) is 26.6 Å². The molecular formula is C19H19NO3. The Balaban J connectivity index is 1.91. The van der Waals surface area contributed by atoms with E-state index in [1.165, 1.54) is 0 Å². The van der Waals surface area contributed by atoms with Crippen molar-refractivity contribution in [3.05, 3.63) is 64.7 Å². The summed E-state index contributed by atoms with van der Waals surface area (Å²) in [4.78, 5) is 27.5. The minimum Gasteiger partial charge on any atom is -0.493 e. The first-order valence-corrected chi connectivity index (χ1v) is 7.68. The van der Waals surface area contributed by atoms with Crippen molar-refractivity contribution in [1.82, 2.24) is 4.90 Å². The van der Waals surface area contributed by atoms with Gasteiger partial charge in [-0.1, -0.05) is 36.4 Å². The molecule has 4 heteroatoms. The topological polar surface area (TPSA) is 46.6 Å². The molecule has 0 N–H and O–H groups in total. The maximum absolute atomic E-state index is 12.8. The number of ether oxygens (including phenoxy) is 1. The number of benzene rings is 2. The first-order chi connectivity index (χ1) is 11.1. The zero-order valence-corrected chi connectivity index (χ0v) is 13.3. The summed E-state index contributed by atoms with van der Waals surface area (Å²) in [6.07, 6.45) is 0.857. The SMILES string of the molecule is CN(C)CCCOc1cccc2c1C(=O)c1ccccc1C2=O. The van der Waals surface area contributed by atoms with Crippen LogP contribution in [0.25, 0.3) is 0 Å². The zero-order chi connectivity index (χ0) is 16.4. The molecule has 3 rings (SSSR count). The second-order valence-electron chi connectivity index (χ2n) is 5.89. The summed E-state index contributed by atoms with van der Waals surface area (Å²) < 4.78 is 5.79. The lowest BCUT2D eigenvalue weighted by Crippen LogP contribution is -2.22. The molecule has 0 radical (unpaired) electrons. The van der Waals surface area contributed by atoms with Crippen LogP contribution in [0.5, 0.6) is 5.75 Å². The highest BCUT2D eigenvalue weighted by molar-refractivity contribution is 6.29. The molecule has 2 aromatic carbocycles. The van der Waals surface area contributed by atoms with Gasteiger partial charge in [-0.3, -0.25) is 9.59 Å². The van der Waals surface area contributed by atoms with E-state index in [-0.39, 0.29) is 11.6 Å². The number of nitrogens with zero attached hydrogens (tertiary/aromatic N) is 1. The molecule has 23 heavy (non-hydrogen) atoms. The van der Waals surface area contributed by atoms with Gasteiger partial charge in [0, 0.05) is 23.2 Å². The van der Waals surface area contributed by atoms with Crippen molar-refractivity contribution >= 4 is 11.6 Å². The number of rotatable bonds is 5. The van der Waals surface area contributed by atoms with Crippen molar-refractivity contribution in [2.45, 2.75) is 6.42 Å². The molecule has 0 bridgehead atoms. The van der Waals surface area contributed by atoms with Crippen LogP contribution in [-0.4, -0.2) is 43.7 Å². The van der Waals surface area contributed by atoms with E-state index in [0.717, 1.165) is 13.0 Å². The van der Waals surface area contributed by atoms with Gasteiger partial charge in [0.05, 0.1) is 12.2 Å². The van der Waals surface area contributed by atoms with E-state index in [1.807, 2.05) is 14.1 Å². The molecule has 0 fully saturated rings. The second kappa shape index (κ2) is 6.34. The fourth-order valence-corrected chi connectivity index (χ4v) is 2.80. The van der Waals surface area contributed by atoms with Gasteiger partial charge >= 0.3 is 0 Å². The average Bonchev–Trinajstić information content (AvgIpc) is 2.56. The van der Waals surface area contributed by atoms with Crippen molar-refractivity contribution in [3.8, 4) is 5.75 Å².